The lowest BCUT2D eigenvalue weighted by Crippen LogP contribution is -2.43. The zero-order valence-corrected chi connectivity index (χ0v) is 19.4. The predicted octanol–water partition coefficient (Wildman–Crippen LogP) is 5.50. The van der Waals surface area contributed by atoms with Crippen molar-refractivity contribution < 1.29 is 36.2 Å². The highest BCUT2D eigenvalue weighted by Crippen LogP contribution is 2.43. The van der Waals surface area contributed by atoms with Crippen LogP contribution in [0.5, 0.6) is 5.75 Å². The Morgan fingerprint density at radius 1 is 1.09 bits per heavy atom. The maximum Gasteiger partial charge on any atom is 0.417 e. The number of hydrogen-bond acceptors (Lipinski definition) is 4. The van der Waals surface area contributed by atoms with Crippen molar-refractivity contribution in [2.75, 3.05) is 10.8 Å². The van der Waals surface area contributed by atoms with Gasteiger partial charge in [0.05, 0.1) is 22.7 Å². The first-order chi connectivity index (χ1) is 16.5. The zero-order chi connectivity index (χ0) is 25.4. The van der Waals surface area contributed by atoms with Crippen LogP contribution in [0.15, 0.2) is 71.6 Å². The highest BCUT2D eigenvalue weighted by atomic mass is 32.2. The van der Waals surface area contributed by atoms with Crippen LogP contribution in [0.2, 0.25) is 0 Å². The second-order valence-electron chi connectivity index (χ2n) is 8.25. The first-order valence-corrected chi connectivity index (χ1v) is 12.2. The maximum atomic E-state index is 13.6. The van der Waals surface area contributed by atoms with Crippen molar-refractivity contribution in [2.24, 2.45) is 0 Å². The summed E-state index contributed by atoms with van der Waals surface area (Å²) in [5, 5.41) is 9.05. The summed E-state index contributed by atoms with van der Waals surface area (Å²) < 4.78 is 75.1. The minimum Gasteiger partial charge on any atom is -0.486 e. The van der Waals surface area contributed by atoms with Gasteiger partial charge in [0.1, 0.15) is 11.9 Å². The van der Waals surface area contributed by atoms with Gasteiger partial charge < -0.3 is 9.84 Å². The van der Waals surface area contributed by atoms with E-state index in [9.17, 15) is 26.4 Å². The number of halogens is 3. The van der Waals surface area contributed by atoms with Crippen molar-refractivity contribution in [3.05, 3.63) is 77.9 Å². The van der Waals surface area contributed by atoms with Crippen LogP contribution in [0.1, 0.15) is 24.0 Å². The fraction of sp³-hybridized carbons (Fsp3) is 0.240. The number of carbonyl (C=O) groups is 1. The Morgan fingerprint density at radius 3 is 2.51 bits per heavy atom. The number of aliphatic carboxylic acids is 1. The molecule has 1 N–H and O–H groups in total. The number of alkyl halides is 3. The Balaban J connectivity index is 1.84. The molecule has 0 unspecified atom stereocenters. The molecule has 0 saturated heterocycles. The molecule has 184 valence electrons. The number of benzene rings is 3. The molecule has 3 aromatic rings. The van der Waals surface area contributed by atoms with Crippen molar-refractivity contribution >= 4 is 21.7 Å². The maximum absolute atomic E-state index is 13.6. The van der Waals surface area contributed by atoms with Gasteiger partial charge in [-0.1, -0.05) is 36.4 Å². The molecule has 0 fully saturated rings. The van der Waals surface area contributed by atoms with Gasteiger partial charge in [0, 0.05) is 6.42 Å². The molecule has 4 rings (SSSR count). The third-order valence-corrected chi connectivity index (χ3v) is 7.47. The van der Waals surface area contributed by atoms with E-state index in [0.29, 0.717) is 0 Å². The normalized spacial score (nSPS) is 15.9. The standard InChI is InChI=1S/C25H22F3NO5S/c1-16-5-4-6-19(13-16)35(32,33)29-15-18(10-12-24(30)31)34-23-11-9-17(14-22(23)29)20-7-2-3-8-21(20)25(26,27)28/h2-9,11,13-14,18H,10,12,15H2,1H3,(H,30,31)/t18-/m0/s1. The molecule has 0 bridgehead atoms. The Morgan fingerprint density at radius 2 is 1.83 bits per heavy atom. The largest absolute Gasteiger partial charge is 0.486 e. The number of carboxylic acids is 1. The third-order valence-electron chi connectivity index (χ3n) is 5.69. The number of anilines is 1. The smallest absolute Gasteiger partial charge is 0.417 e. The van der Waals surface area contributed by atoms with Crippen LogP contribution in [0.4, 0.5) is 18.9 Å². The Labute approximate surface area is 200 Å². The van der Waals surface area contributed by atoms with Gasteiger partial charge in [-0.15, -0.1) is 0 Å². The first kappa shape index (κ1) is 24.6. The highest BCUT2D eigenvalue weighted by molar-refractivity contribution is 7.92. The molecule has 35 heavy (non-hydrogen) atoms. The molecule has 1 aliphatic rings. The molecule has 6 nitrogen and oxygen atoms in total. The average Bonchev–Trinajstić information content (AvgIpc) is 2.81. The summed E-state index contributed by atoms with van der Waals surface area (Å²) >= 11 is 0. The molecule has 1 aliphatic heterocycles. The predicted molar refractivity (Wildman–Crippen MR) is 124 cm³/mol. The van der Waals surface area contributed by atoms with E-state index in [2.05, 4.69) is 0 Å². The van der Waals surface area contributed by atoms with Gasteiger partial charge in [0.25, 0.3) is 10.0 Å². The van der Waals surface area contributed by atoms with Crippen LogP contribution in [0.3, 0.4) is 0 Å². The lowest BCUT2D eigenvalue weighted by atomic mass is 9.98. The summed E-state index contributed by atoms with van der Waals surface area (Å²) in [4.78, 5) is 11.1. The number of sulfonamides is 1. The average molecular weight is 506 g/mol. The van der Waals surface area contributed by atoms with Crippen molar-refractivity contribution in [3.63, 3.8) is 0 Å². The molecule has 10 heteroatoms. The van der Waals surface area contributed by atoms with E-state index >= 15 is 0 Å². The summed E-state index contributed by atoms with van der Waals surface area (Å²) in [5.74, 6) is -0.900. The number of carboxylic acid groups (broad SMARTS) is 1. The number of ether oxygens (including phenoxy) is 1. The van der Waals surface area contributed by atoms with Crippen molar-refractivity contribution in [2.45, 2.75) is 36.9 Å². The zero-order valence-electron chi connectivity index (χ0n) is 18.6. The Bertz CT molecular complexity index is 1370. The van der Waals surface area contributed by atoms with Crippen LogP contribution in [0.25, 0.3) is 11.1 Å². The molecule has 0 saturated carbocycles. The van der Waals surface area contributed by atoms with Crippen LogP contribution >= 0.6 is 0 Å². The SMILES string of the molecule is Cc1cccc(S(=O)(=O)N2C[C@H](CCC(=O)O)Oc3ccc(-c4ccccc4C(F)(F)F)cc32)c1. The highest BCUT2D eigenvalue weighted by Gasteiger charge is 2.37. The van der Waals surface area contributed by atoms with Gasteiger partial charge in [0.15, 0.2) is 0 Å². The molecule has 1 atom stereocenters. The first-order valence-electron chi connectivity index (χ1n) is 10.8. The summed E-state index contributed by atoms with van der Waals surface area (Å²) in [5.41, 5.74) is 0.0453. The second-order valence-corrected chi connectivity index (χ2v) is 10.1. The minimum absolute atomic E-state index is 0.0171. The van der Waals surface area contributed by atoms with E-state index < -0.39 is 33.8 Å². The van der Waals surface area contributed by atoms with E-state index in [1.54, 1.807) is 19.1 Å². The van der Waals surface area contributed by atoms with E-state index in [0.717, 1.165) is 15.9 Å². The Hall–Kier alpha value is -3.53. The molecule has 1 heterocycles. The number of aryl methyl sites for hydroxylation is 1. The molecule has 0 spiro atoms. The van der Waals surface area contributed by atoms with Gasteiger partial charge in [-0.05, 0) is 60.4 Å². The minimum atomic E-state index is -4.60. The summed E-state index contributed by atoms with van der Waals surface area (Å²) in [7, 11) is -4.12. The molecule has 3 aromatic carbocycles. The van der Waals surface area contributed by atoms with Gasteiger partial charge in [-0.3, -0.25) is 9.10 Å². The van der Waals surface area contributed by atoms with E-state index in [1.807, 2.05) is 0 Å². The quantitative estimate of drug-likeness (QED) is 0.478. The topological polar surface area (TPSA) is 83.9 Å². The number of rotatable bonds is 6. The van der Waals surface area contributed by atoms with Gasteiger partial charge in [-0.2, -0.15) is 13.2 Å². The fourth-order valence-corrected chi connectivity index (χ4v) is 5.63. The van der Waals surface area contributed by atoms with Crippen molar-refractivity contribution in [3.8, 4) is 16.9 Å². The fourth-order valence-electron chi connectivity index (χ4n) is 4.03. The van der Waals surface area contributed by atoms with Gasteiger partial charge in [0.2, 0.25) is 0 Å². The molecule has 0 amide bonds. The van der Waals surface area contributed by atoms with E-state index in [-0.39, 0.29) is 46.8 Å². The van der Waals surface area contributed by atoms with E-state index in [1.165, 1.54) is 48.5 Å². The summed E-state index contributed by atoms with van der Waals surface area (Å²) in [6, 6.07) is 15.5. The van der Waals surface area contributed by atoms with Crippen LogP contribution in [-0.2, 0) is 21.0 Å². The Kier molecular flexibility index (Phi) is 6.50. The molecule has 0 aromatic heterocycles. The lowest BCUT2D eigenvalue weighted by Gasteiger charge is -2.36. The van der Waals surface area contributed by atoms with Crippen LogP contribution in [0, 0.1) is 6.92 Å². The molecule has 0 radical (unpaired) electrons. The number of fused-ring (bicyclic) bond motifs is 1. The molecular formula is C25H22F3NO5S. The second kappa shape index (κ2) is 9.26. The lowest BCUT2D eigenvalue weighted by molar-refractivity contribution is -0.138. The number of hydrogen-bond donors (Lipinski definition) is 1. The number of nitrogens with zero attached hydrogens (tertiary/aromatic N) is 1. The third kappa shape index (κ3) is 5.12. The summed E-state index contributed by atoms with van der Waals surface area (Å²) in [6.45, 7) is 1.56. The summed E-state index contributed by atoms with van der Waals surface area (Å²) in [6.07, 6.45) is -5.51. The van der Waals surface area contributed by atoms with Crippen LogP contribution in [-0.4, -0.2) is 32.1 Å². The van der Waals surface area contributed by atoms with Crippen LogP contribution < -0.4 is 9.04 Å². The van der Waals surface area contributed by atoms with E-state index in [4.69, 9.17) is 9.84 Å². The van der Waals surface area contributed by atoms with Gasteiger partial charge >= 0.3 is 12.1 Å². The molecular weight excluding hydrogens is 483 g/mol. The van der Waals surface area contributed by atoms with Crippen molar-refractivity contribution in [1.29, 1.82) is 0 Å². The molecule has 0 aliphatic carbocycles. The van der Waals surface area contributed by atoms with Crippen molar-refractivity contribution in [1.82, 2.24) is 0 Å². The monoisotopic (exact) mass is 505 g/mol. The van der Waals surface area contributed by atoms with Gasteiger partial charge in [-0.25, -0.2) is 8.42 Å².